The number of thioether (sulfide) groups is 1. The molecule has 0 bridgehead atoms. The Morgan fingerprint density at radius 2 is 1.86 bits per heavy atom. The molecule has 0 saturated heterocycles. The molecule has 0 heterocycles. The minimum atomic E-state index is -0.728. The smallest absolute Gasteiger partial charge is 0.408 e. The number of hydrogen-bond donors (Lipinski definition) is 1. The fourth-order valence-corrected chi connectivity index (χ4v) is 2.17. The van der Waals surface area contributed by atoms with Crippen molar-refractivity contribution in [1.82, 2.24) is 5.32 Å². The molecule has 0 aromatic heterocycles. The van der Waals surface area contributed by atoms with E-state index in [2.05, 4.69) is 5.32 Å². The van der Waals surface area contributed by atoms with Crippen LogP contribution in [0.2, 0.25) is 0 Å². The Hall–Kier alpha value is -1.69. The van der Waals surface area contributed by atoms with Gasteiger partial charge in [-0.25, -0.2) is 9.59 Å². The first kappa shape index (κ1) is 18.4. The molecule has 0 radical (unpaired) electrons. The second-order valence-electron chi connectivity index (χ2n) is 5.75. The van der Waals surface area contributed by atoms with Gasteiger partial charge in [-0.05, 0) is 32.6 Å². The molecule has 1 aromatic carbocycles. The van der Waals surface area contributed by atoms with Crippen molar-refractivity contribution in [1.29, 1.82) is 0 Å². The standard InChI is InChI=1S/C16H23NO4S/c1-16(2,3)21-15(19)17-13(11-22-4)14(18)20-10-12-8-6-5-7-9-12/h5-9,13H,10-11H2,1-4H3,(H,17,19)/t13-/m0/s1. The van der Waals surface area contributed by atoms with E-state index in [1.807, 2.05) is 36.6 Å². The lowest BCUT2D eigenvalue weighted by Gasteiger charge is -2.22. The monoisotopic (exact) mass is 325 g/mol. The predicted molar refractivity (Wildman–Crippen MR) is 87.8 cm³/mol. The average Bonchev–Trinajstić information content (AvgIpc) is 2.43. The van der Waals surface area contributed by atoms with Gasteiger partial charge in [0.05, 0.1) is 0 Å². The summed E-state index contributed by atoms with van der Waals surface area (Å²) in [5.74, 6) is -0.0450. The number of hydrogen-bond acceptors (Lipinski definition) is 5. The molecule has 0 aliphatic carbocycles. The largest absolute Gasteiger partial charge is 0.459 e. The van der Waals surface area contributed by atoms with Crippen LogP contribution in [0, 0.1) is 0 Å². The average molecular weight is 325 g/mol. The number of amides is 1. The highest BCUT2D eigenvalue weighted by Gasteiger charge is 2.25. The summed E-state index contributed by atoms with van der Waals surface area (Å²) in [4.78, 5) is 23.9. The minimum absolute atomic E-state index is 0.181. The molecule has 1 N–H and O–H groups in total. The van der Waals surface area contributed by atoms with E-state index >= 15 is 0 Å². The van der Waals surface area contributed by atoms with E-state index < -0.39 is 23.7 Å². The summed E-state index contributed by atoms with van der Waals surface area (Å²) in [7, 11) is 0. The Balaban J connectivity index is 2.54. The lowest BCUT2D eigenvalue weighted by atomic mass is 10.2. The van der Waals surface area contributed by atoms with Crippen LogP contribution in [0.5, 0.6) is 0 Å². The van der Waals surface area contributed by atoms with Crippen LogP contribution in [0.3, 0.4) is 0 Å². The molecule has 0 unspecified atom stereocenters. The quantitative estimate of drug-likeness (QED) is 0.815. The van der Waals surface area contributed by atoms with Crippen LogP contribution in [0.25, 0.3) is 0 Å². The summed E-state index contributed by atoms with van der Waals surface area (Å²) in [6, 6.07) is 8.67. The number of nitrogens with one attached hydrogen (secondary N) is 1. The first-order valence-corrected chi connectivity index (χ1v) is 8.40. The zero-order valence-electron chi connectivity index (χ0n) is 13.4. The van der Waals surface area contributed by atoms with Gasteiger partial charge in [0, 0.05) is 5.75 Å². The molecule has 1 rings (SSSR count). The van der Waals surface area contributed by atoms with E-state index in [1.165, 1.54) is 11.8 Å². The molecule has 1 amide bonds. The lowest BCUT2D eigenvalue weighted by Crippen LogP contribution is -2.45. The molecule has 6 heteroatoms. The number of alkyl carbamates (subject to hydrolysis) is 1. The van der Waals surface area contributed by atoms with E-state index in [0.29, 0.717) is 5.75 Å². The summed E-state index contributed by atoms with van der Waals surface area (Å²) in [5, 5.41) is 2.55. The van der Waals surface area contributed by atoms with Crippen LogP contribution in [0.15, 0.2) is 30.3 Å². The van der Waals surface area contributed by atoms with Gasteiger partial charge < -0.3 is 14.8 Å². The Bertz CT molecular complexity index is 485. The van der Waals surface area contributed by atoms with E-state index in [1.54, 1.807) is 20.8 Å². The fourth-order valence-electron chi connectivity index (χ4n) is 1.61. The zero-order chi connectivity index (χ0) is 16.6. The molecule has 0 saturated carbocycles. The molecule has 0 aliphatic heterocycles. The van der Waals surface area contributed by atoms with Gasteiger partial charge in [0.25, 0.3) is 0 Å². The lowest BCUT2D eigenvalue weighted by molar-refractivity contribution is -0.146. The maximum absolute atomic E-state index is 12.1. The summed E-state index contributed by atoms with van der Waals surface area (Å²) in [6.07, 6.45) is 1.23. The maximum Gasteiger partial charge on any atom is 0.408 e. The third-order valence-corrected chi connectivity index (χ3v) is 3.20. The van der Waals surface area contributed by atoms with E-state index in [0.717, 1.165) is 5.56 Å². The second-order valence-corrected chi connectivity index (χ2v) is 6.66. The van der Waals surface area contributed by atoms with Crippen LogP contribution in [0.4, 0.5) is 4.79 Å². The highest BCUT2D eigenvalue weighted by Crippen LogP contribution is 2.09. The Kier molecular flexibility index (Phi) is 7.24. The van der Waals surface area contributed by atoms with Gasteiger partial charge in [0.15, 0.2) is 0 Å². The molecular formula is C16H23NO4S. The van der Waals surface area contributed by atoms with Crippen molar-refractivity contribution < 1.29 is 19.1 Å². The van der Waals surface area contributed by atoms with Gasteiger partial charge in [-0.2, -0.15) is 11.8 Å². The van der Waals surface area contributed by atoms with Crippen molar-refractivity contribution in [2.75, 3.05) is 12.0 Å². The van der Waals surface area contributed by atoms with Gasteiger partial charge in [-0.3, -0.25) is 0 Å². The van der Waals surface area contributed by atoms with Crippen LogP contribution >= 0.6 is 11.8 Å². The highest BCUT2D eigenvalue weighted by molar-refractivity contribution is 7.98. The zero-order valence-corrected chi connectivity index (χ0v) is 14.2. The third-order valence-electron chi connectivity index (χ3n) is 2.53. The van der Waals surface area contributed by atoms with Crippen molar-refractivity contribution in [2.45, 2.75) is 39.0 Å². The van der Waals surface area contributed by atoms with Crippen LogP contribution in [-0.2, 0) is 20.9 Å². The highest BCUT2D eigenvalue weighted by atomic mass is 32.2. The predicted octanol–water partition coefficient (Wildman–Crippen LogP) is 2.99. The molecule has 122 valence electrons. The summed E-state index contributed by atoms with van der Waals surface area (Å²) in [6.45, 7) is 5.48. The molecular weight excluding hydrogens is 302 g/mol. The number of carbonyl (C=O) groups excluding carboxylic acids is 2. The second kappa shape index (κ2) is 8.68. The van der Waals surface area contributed by atoms with Crippen molar-refractivity contribution in [2.24, 2.45) is 0 Å². The Morgan fingerprint density at radius 3 is 2.41 bits per heavy atom. The normalized spacial score (nSPS) is 12.4. The van der Waals surface area contributed by atoms with Gasteiger partial charge in [-0.1, -0.05) is 30.3 Å². The summed E-state index contributed by atoms with van der Waals surface area (Å²) < 4.78 is 10.4. The SMILES string of the molecule is CSC[C@H](NC(=O)OC(C)(C)C)C(=O)OCc1ccccc1. The van der Waals surface area contributed by atoms with Gasteiger partial charge >= 0.3 is 12.1 Å². The van der Waals surface area contributed by atoms with Gasteiger partial charge in [0.1, 0.15) is 18.2 Å². The number of rotatable bonds is 6. The molecule has 0 aliphatic rings. The van der Waals surface area contributed by atoms with E-state index in [9.17, 15) is 9.59 Å². The first-order chi connectivity index (χ1) is 10.3. The van der Waals surface area contributed by atoms with Crippen LogP contribution in [-0.4, -0.2) is 35.7 Å². The van der Waals surface area contributed by atoms with Gasteiger partial charge in [0.2, 0.25) is 0 Å². The molecule has 1 aromatic rings. The van der Waals surface area contributed by atoms with Crippen LogP contribution < -0.4 is 5.32 Å². The van der Waals surface area contributed by atoms with Gasteiger partial charge in [-0.15, -0.1) is 0 Å². The van der Waals surface area contributed by atoms with Crippen molar-refractivity contribution in [3.8, 4) is 0 Å². The Morgan fingerprint density at radius 1 is 1.23 bits per heavy atom. The molecule has 1 atom stereocenters. The number of benzene rings is 1. The Labute approximate surface area is 135 Å². The summed E-state index contributed by atoms with van der Waals surface area (Å²) >= 11 is 1.45. The number of esters is 1. The molecule has 22 heavy (non-hydrogen) atoms. The van der Waals surface area contributed by atoms with E-state index in [-0.39, 0.29) is 6.61 Å². The van der Waals surface area contributed by atoms with Crippen molar-refractivity contribution >= 4 is 23.8 Å². The minimum Gasteiger partial charge on any atom is -0.459 e. The maximum atomic E-state index is 12.1. The fraction of sp³-hybridized carbons (Fsp3) is 0.500. The number of carbonyl (C=O) groups is 2. The summed E-state index contributed by atoms with van der Waals surface area (Å²) in [5.41, 5.74) is 0.290. The van der Waals surface area contributed by atoms with Crippen molar-refractivity contribution in [3.63, 3.8) is 0 Å². The first-order valence-electron chi connectivity index (χ1n) is 7.01. The molecule has 0 spiro atoms. The molecule has 5 nitrogen and oxygen atoms in total. The topological polar surface area (TPSA) is 64.6 Å². The van der Waals surface area contributed by atoms with Crippen LogP contribution in [0.1, 0.15) is 26.3 Å². The number of ether oxygens (including phenoxy) is 2. The third kappa shape index (κ3) is 7.36. The van der Waals surface area contributed by atoms with Crippen molar-refractivity contribution in [3.05, 3.63) is 35.9 Å². The van der Waals surface area contributed by atoms with E-state index in [4.69, 9.17) is 9.47 Å². The molecule has 0 fully saturated rings.